The van der Waals surface area contributed by atoms with E-state index in [1.165, 1.54) is 40.9 Å². The van der Waals surface area contributed by atoms with Gasteiger partial charge in [0.1, 0.15) is 17.3 Å². The van der Waals surface area contributed by atoms with Crippen molar-refractivity contribution in [2.45, 2.75) is 6.54 Å². The molecular formula is C23H15F2N5O2. The summed E-state index contributed by atoms with van der Waals surface area (Å²) in [7, 11) is 0. The number of H-pyrrole nitrogens is 1. The van der Waals surface area contributed by atoms with Gasteiger partial charge in [0, 0.05) is 17.7 Å². The molecule has 0 unspecified atom stereocenters. The van der Waals surface area contributed by atoms with E-state index in [-0.39, 0.29) is 40.6 Å². The Labute approximate surface area is 179 Å². The first kappa shape index (κ1) is 19.6. The van der Waals surface area contributed by atoms with Crippen molar-refractivity contribution in [2.75, 3.05) is 0 Å². The number of nitrogens with one attached hydrogen (secondary N) is 2. The van der Waals surface area contributed by atoms with Crippen LogP contribution in [0.1, 0.15) is 15.9 Å². The van der Waals surface area contributed by atoms with Gasteiger partial charge >= 0.3 is 0 Å². The van der Waals surface area contributed by atoms with Crippen molar-refractivity contribution in [1.82, 2.24) is 25.1 Å². The zero-order valence-electron chi connectivity index (χ0n) is 16.5. The Morgan fingerprint density at radius 1 is 1.03 bits per heavy atom. The van der Waals surface area contributed by atoms with Crippen LogP contribution in [-0.2, 0) is 6.54 Å². The highest BCUT2D eigenvalue weighted by Gasteiger charge is 2.17. The van der Waals surface area contributed by atoms with Gasteiger partial charge in [0.25, 0.3) is 11.5 Å². The van der Waals surface area contributed by atoms with Crippen LogP contribution in [0.2, 0.25) is 0 Å². The minimum Gasteiger partial charge on any atom is -0.348 e. The summed E-state index contributed by atoms with van der Waals surface area (Å²) in [5, 5.41) is 9.93. The number of rotatable bonds is 4. The van der Waals surface area contributed by atoms with E-state index < -0.39 is 11.4 Å². The number of carbonyl (C=O) groups excluding carboxylic acids is 1. The van der Waals surface area contributed by atoms with Crippen molar-refractivity contribution in [3.8, 4) is 11.3 Å². The first-order valence-corrected chi connectivity index (χ1v) is 9.70. The van der Waals surface area contributed by atoms with Gasteiger partial charge in [0.15, 0.2) is 5.65 Å². The molecule has 5 rings (SSSR count). The Morgan fingerprint density at radius 3 is 2.59 bits per heavy atom. The van der Waals surface area contributed by atoms with Gasteiger partial charge in [-0.25, -0.2) is 18.5 Å². The van der Waals surface area contributed by atoms with E-state index in [2.05, 4.69) is 20.6 Å². The lowest BCUT2D eigenvalue weighted by Crippen LogP contribution is -2.23. The molecule has 2 heterocycles. The van der Waals surface area contributed by atoms with E-state index in [1.807, 2.05) is 0 Å². The van der Waals surface area contributed by atoms with Gasteiger partial charge in [-0.05, 0) is 48.0 Å². The number of halogens is 2. The van der Waals surface area contributed by atoms with Crippen LogP contribution in [-0.4, -0.2) is 25.7 Å². The lowest BCUT2D eigenvalue weighted by Gasteiger charge is -2.07. The number of fused-ring (bicyclic) bond motifs is 3. The molecule has 3 aromatic carbocycles. The number of nitrogens with zero attached hydrogens (tertiary/aromatic N) is 3. The number of hydrogen-bond donors (Lipinski definition) is 2. The topological polar surface area (TPSA) is 92.2 Å². The summed E-state index contributed by atoms with van der Waals surface area (Å²) in [6, 6.07) is 16.4. The minimum atomic E-state index is -0.516. The zero-order chi connectivity index (χ0) is 22.2. The molecule has 0 aliphatic heterocycles. The molecule has 0 saturated carbocycles. The van der Waals surface area contributed by atoms with Gasteiger partial charge in [-0.3, -0.25) is 9.59 Å². The summed E-state index contributed by atoms with van der Waals surface area (Å²) in [4.78, 5) is 29.3. The first-order chi connectivity index (χ1) is 15.5. The fourth-order valence-electron chi connectivity index (χ4n) is 3.49. The van der Waals surface area contributed by atoms with Crippen LogP contribution < -0.4 is 10.9 Å². The second-order valence-electron chi connectivity index (χ2n) is 7.16. The van der Waals surface area contributed by atoms with Gasteiger partial charge in [-0.15, -0.1) is 0 Å². The van der Waals surface area contributed by atoms with E-state index in [1.54, 1.807) is 30.3 Å². The second-order valence-corrected chi connectivity index (χ2v) is 7.16. The number of benzene rings is 3. The molecule has 2 N–H and O–H groups in total. The maximum Gasteiger partial charge on any atom is 0.281 e. The Morgan fingerprint density at radius 2 is 1.81 bits per heavy atom. The van der Waals surface area contributed by atoms with E-state index in [4.69, 9.17) is 0 Å². The normalized spacial score (nSPS) is 11.2. The average Bonchev–Trinajstić information content (AvgIpc) is 3.22. The van der Waals surface area contributed by atoms with Crippen LogP contribution in [0.4, 0.5) is 8.78 Å². The van der Waals surface area contributed by atoms with Crippen molar-refractivity contribution in [3.05, 3.63) is 99.8 Å². The van der Waals surface area contributed by atoms with Gasteiger partial charge in [-0.1, -0.05) is 24.3 Å². The maximum atomic E-state index is 14.3. The Balaban J connectivity index is 1.54. The first-order valence-electron chi connectivity index (χ1n) is 9.70. The average molecular weight is 431 g/mol. The van der Waals surface area contributed by atoms with Crippen molar-refractivity contribution >= 4 is 22.5 Å². The molecular weight excluding hydrogens is 416 g/mol. The highest BCUT2D eigenvalue weighted by Crippen LogP contribution is 2.25. The molecule has 0 aliphatic rings. The molecule has 32 heavy (non-hydrogen) atoms. The highest BCUT2D eigenvalue weighted by molar-refractivity contribution is 5.98. The molecule has 5 aromatic rings. The van der Waals surface area contributed by atoms with Crippen molar-refractivity contribution in [1.29, 1.82) is 0 Å². The summed E-state index contributed by atoms with van der Waals surface area (Å²) < 4.78 is 28.8. The van der Waals surface area contributed by atoms with Gasteiger partial charge < -0.3 is 5.32 Å². The molecule has 0 fully saturated rings. The fraction of sp³-hybridized carbons (Fsp3) is 0.0435. The van der Waals surface area contributed by atoms with E-state index >= 15 is 0 Å². The molecule has 0 aliphatic carbocycles. The SMILES string of the molecule is O=C(NCc1ccc(F)cc1)c1ccc2c(=O)nc3c(-c4ccccc4F)n[nH]n3c2c1. The summed E-state index contributed by atoms with van der Waals surface area (Å²) in [6.07, 6.45) is 0. The number of amides is 1. The second kappa shape index (κ2) is 7.69. The van der Waals surface area contributed by atoms with Crippen molar-refractivity contribution in [2.24, 2.45) is 0 Å². The predicted molar refractivity (Wildman–Crippen MR) is 114 cm³/mol. The predicted octanol–water partition coefficient (Wildman–Crippen LogP) is 3.45. The summed E-state index contributed by atoms with van der Waals surface area (Å²) in [5.41, 5.74) is 1.45. The quantitative estimate of drug-likeness (QED) is 0.456. The zero-order valence-corrected chi connectivity index (χ0v) is 16.5. The van der Waals surface area contributed by atoms with E-state index in [0.717, 1.165) is 5.56 Å². The molecule has 0 saturated heterocycles. The summed E-state index contributed by atoms with van der Waals surface area (Å²) in [6.45, 7) is 0.213. The monoisotopic (exact) mass is 431 g/mol. The van der Waals surface area contributed by atoms with Crippen LogP contribution >= 0.6 is 0 Å². The largest absolute Gasteiger partial charge is 0.348 e. The number of hydrogen-bond acceptors (Lipinski definition) is 4. The van der Waals surface area contributed by atoms with Crippen LogP contribution in [0.15, 0.2) is 71.5 Å². The third-order valence-corrected chi connectivity index (χ3v) is 5.12. The Bertz CT molecular complexity index is 1540. The van der Waals surface area contributed by atoms with Crippen LogP contribution in [0.5, 0.6) is 0 Å². The standard InChI is InChI=1S/C23H15F2N5O2/c24-15-8-5-13(6-9-15)12-26-22(31)14-7-10-17-19(11-14)30-21(27-23(17)32)20(28-29-30)16-3-1-2-4-18(16)25/h1-11,29H,12H2,(H,26,31). The van der Waals surface area contributed by atoms with Crippen LogP contribution in [0.25, 0.3) is 27.8 Å². The van der Waals surface area contributed by atoms with Crippen LogP contribution in [0.3, 0.4) is 0 Å². The molecule has 158 valence electrons. The Hall–Kier alpha value is -4.40. The van der Waals surface area contributed by atoms with Gasteiger partial charge in [0.2, 0.25) is 0 Å². The third kappa shape index (κ3) is 3.39. The molecule has 0 atom stereocenters. The molecule has 9 heteroatoms. The molecule has 0 bridgehead atoms. The molecule has 7 nitrogen and oxygen atoms in total. The maximum absolute atomic E-state index is 14.3. The number of aromatic nitrogens is 4. The lowest BCUT2D eigenvalue weighted by atomic mass is 10.1. The summed E-state index contributed by atoms with van der Waals surface area (Å²) in [5.74, 6) is -1.22. The van der Waals surface area contributed by atoms with Crippen molar-refractivity contribution in [3.63, 3.8) is 0 Å². The van der Waals surface area contributed by atoms with Gasteiger partial charge in [0.05, 0.1) is 10.9 Å². The van der Waals surface area contributed by atoms with Crippen LogP contribution in [0, 0.1) is 11.6 Å². The van der Waals surface area contributed by atoms with Crippen molar-refractivity contribution < 1.29 is 13.6 Å². The molecule has 2 aromatic heterocycles. The van der Waals surface area contributed by atoms with Gasteiger partial charge in [-0.2, -0.15) is 10.1 Å². The molecule has 0 spiro atoms. The van der Waals surface area contributed by atoms with E-state index in [9.17, 15) is 18.4 Å². The number of aromatic amines is 1. The molecule has 0 radical (unpaired) electrons. The van der Waals surface area contributed by atoms with E-state index in [0.29, 0.717) is 11.1 Å². The highest BCUT2D eigenvalue weighted by atomic mass is 19.1. The smallest absolute Gasteiger partial charge is 0.281 e. The third-order valence-electron chi connectivity index (χ3n) is 5.12. The lowest BCUT2D eigenvalue weighted by molar-refractivity contribution is 0.0951. The number of carbonyl (C=O) groups is 1. The fourth-order valence-corrected chi connectivity index (χ4v) is 3.49. The Kier molecular flexibility index (Phi) is 4.70. The minimum absolute atomic E-state index is 0.150. The summed E-state index contributed by atoms with van der Waals surface area (Å²) >= 11 is 0. The molecule has 1 amide bonds.